The summed E-state index contributed by atoms with van der Waals surface area (Å²) in [6.45, 7) is 0. The Morgan fingerprint density at radius 2 is 2.31 bits per heavy atom. The van der Waals surface area contributed by atoms with Crippen LogP contribution in [0.25, 0.3) is 10.1 Å². The van der Waals surface area contributed by atoms with Crippen LogP contribution in [0.3, 0.4) is 0 Å². The van der Waals surface area contributed by atoms with Crippen LogP contribution in [-0.4, -0.2) is 0 Å². The van der Waals surface area contributed by atoms with E-state index in [0.29, 0.717) is 3.57 Å². The zero-order chi connectivity index (χ0) is 9.42. The fourth-order valence-electron chi connectivity index (χ4n) is 1.25. The number of halogens is 3. The molecule has 0 atom stereocenters. The molecule has 0 N–H and O–H groups in total. The predicted octanol–water partition coefficient (Wildman–Crippen LogP) is 4.54. The minimum Gasteiger partial charge on any atom is -0.204 e. The molecule has 0 saturated carbocycles. The quantitative estimate of drug-likeness (QED) is 0.510. The molecule has 2 aromatic rings. The van der Waals surface area contributed by atoms with Gasteiger partial charge < -0.3 is 0 Å². The van der Waals surface area contributed by atoms with Gasteiger partial charge in [-0.25, -0.2) is 4.39 Å². The average Bonchev–Trinajstić information content (AvgIpc) is 2.60. The summed E-state index contributed by atoms with van der Waals surface area (Å²) < 4.78 is 15.0. The zero-order valence-corrected chi connectivity index (χ0v) is 11.0. The summed E-state index contributed by atoms with van der Waals surface area (Å²) in [6, 6.07) is 3.86. The largest absolute Gasteiger partial charge is 0.204 e. The lowest BCUT2D eigenvalue weighted by molar-refractivity contribution is 0.634. The van der Waals surface area contributed by atoms with Crippen molar-refractivity contribution in [3.05, 3.63) is 32.5 Å². The van der Waals surface area contributed by atoms with Crippen LogP contribution in [0, 0.1) is 9.39 Å². The first-order valence-electron chi connectivity index (χ1n) is 3.64. The number of fused-ring (bicyclic) bond motifs is 1. The SMILES string of the molecule is Fc1c(I)cc(CBr)c2ccsc12. The molecule has 1 aromatic carbocycles. The molecule has 13 heavy (non-hydrogen) atoms. The average molecular weight is 371 g/mol. The second-order valence-electron chi connectivity index (χ2n) is 2.63. The summed E-state index contributed by atoms with van der Waals surface area (Å²) in [5.74, 6) is -0.0877. The van der Waals surface area contributed by atoms with Crippen LogP contribution in [-0.2, 0) is 5.33 Å². The first kappa shape index (κ1) is 9.86. The number of benzene rings is 1. The maximum Gasteiger partial charge on any atom is 0.154 e. The smallest absolute Gasteiger partial charge is 0.154 e. The maximum atomic E-state index is 13.5. The minimum atomic E-state index is -0.0877. The van der Waals surface area contributed by atoms with E-state index < -0.39 is 0 Å². The topological polar surface area (TPSA) is 0 Å². The second-order valence-corrected chi connectivity index (χ2v) is 5.27. The van der Waals surface area contributed by atoms with Crippen LogP contribution in [0.15, 0.2) is 17.5 Å². The van der Waals surface area contributed by atoms with Crippen molar-refractivity contribution in [2.45, 2.75) is 5.33 Å². The summed E-state index contributed by atoms with van der Waals surface area (Å²) in [4.78, 5) is 0. The predicted molar refractivity (Wildman–Crippen MR) is 67.1 cm³/mol. The van der Waals surface area contributed by atoms with Crippen molar-refractivity contribution >= 4 is 59.9 Å². The number of hydrogen-bond acceptors (Lipinski definition) is 1. The Morgan fingerprint density at radius 3 is 3.00 bits per heavy atom. The van der Waals surface area contributed by atoms with Gasteiger partial charge in [0.2, 0.25) is 0 Å². The lowest BCUT2D eigenvalue weighted by atomic mass is 10.1. The molecule has 2 rings (SSSR count). The van der Waals surface area contributed by atoms with E-state index >= 15 is 0 Å². The van der Waals surface area contributed by atoms with E-state index in [1.165, 1.54) is 11.3 Å². The van der Waals surface area contributed by atoms with Crippen molar-refractivity contribution < 1.29 is 4.39 Å². The summed E-state index contributed by atoms with van der Waals surface area (Å²) in [6.07, 6.45) is 0. The van der Waals surface area contributed by atoms with Crippen LogP contribution in [0.1, 0.15) is 5.56 Å². The molecule has 1 heterocycles. The molecule has 0 radical (unpaired) electrons. The van der Waals surface area contributed by atoms with Crippen LogP contribution >= 0.6 is 49.9 Å². The molecule has 0 fully saturated rings. The third kappa shape index (κ3) is 1.64. The molecular weight excluding hydrogens is 366 g/mol. The molecule has 0 aliphatic heterocycles. The summed E-state index contributed by atoms with van der Waals surface area (Å²) >= 11 is 6.89. The molecule has 4 heteroatoms. The Bertz CT molecular complexity index is 452. The lowest BCUT2D eigenvalue weighted by Gasteiger charge is -2.01. The first-order chi connectivity index (χ1) is 6.24. The lowest BCUT2D eigenvalue weighted by Crippen LogP contribution is -1.86. The summed E-state index contributed by atoms with van der Waals surface area (Å²) in [7, 11) is 0. The van der Waals surface area contributed by atoms with E-state index in [9.17, 15) is 4.39 Å². The number of rotatable bonds is 1. The van der Waals surface area contributed by atoms with Crippen LogP contribution in [0.5, 0.6) is 0 Å². The number of alkyl halides is 1. The highest BCUT2D eigenvalue weighted by Crippen LogP contribution is 2.31. The Hall–Kier alpha value is 0.320. The molecule has 0 nitrogen and oxygen atoms in total. The van der Waals surface area contributed by atoms with Gasteiger partial charge in [-0.05, 0) is 51.1 Å². The fraction of sp³-hybridized carbons (Fsp3) is 0.111. The minimum absolute atomic E-state index is 0.0877. The molecule has 1 aromatic heterocycles. The van der Waals surface area contributed by atoms with Crippen molar-refractivity contribution in [1.29, 1.82) is 0 Å². The van der Waals surface area contributed by atoms with Crippen molar-refractivity contribution in [2.24, 2.45) is 0 Å². The monoisotopic (exact) mass is 370 g/mol. The second kappa shape index (κ2) is 3.82. The highest BCUT2D eigenvalue weighted by atomic mass is 127. The Labute approximate surface area is 101 Å². The van der Waals surface area contributed by atoms with E-state index in [-0.39, 0.29) is 5.82 Å². The van der Waals surface area contributed by atoms with E-state index in [1.807, 2.05) is 40.1 Å². The summed E-state index contributed by atoms with van der Waals surface area (Å²) in [5, 5.41) is 3.73. The van der Waals surface area contributed by atoms with E-state index in [2.05, 4.69) is 15.9 Å². The van der Waals surface area contributed by atoms with Gasteiger partial charge in [0.25, 0.3) is 0 Å². The van der Waals surface area contributed by atoms with Gasteiger partial charge in [0.1, 0.15) is 0 Å². The van der Waals surface area contributed by atoms with Gasteiger partial charge in [0, 0.05) is 5.33 Å². The Balaban J connectivity index is 2.87. The van der Waals surface area contributed by atoms with Crippen molar-refractivity contribution in [3.63, 3.8) is 0 Å². The Morgan fingerprint density at radius 1 is 1.54 bits per heavy atom. The van der Waals surface area contributed by atoms with Gasteiger partial charge in [-0.2, -0.15) is 0 Å². The molecule has 0 saturated heterocycles. The van der Waals surface area contributed by atoms with Gasteiger partial charge >= 0.3 is 0 Å². The van der Waals surface area contributed by atoms with E-state index in [0.717, 1.165) is 21.0 Å². The standard InChI is InChI=1S/C9H5BrFIS/c10-4-5-3-7(12)8(11)9-6(5)1-2-13-9/h1-3H,4H2. The number of hydrogen-bond donors (Lipinski definition) is 0. The molecule has 0 spiro atoms. The molecule has 0 amide bonds. The first-order valence-corrected chi connectivity index (χ1v) is 6.72. The third-order valence-electron chi connectivity index (χ3n) is 1.87. The van der Waals surface area contributed by atoms with Gasteiger partial charge in [-0.1, -0.05) is 15.9 Å². The normalized spacial score (nSPS) is 11.0. The summed E-state index contributed by atoms with van der Waals surface area (Å²) in [5.41, 5.74) is 1.15. The zero-order valence-electron chi connectivity index (χ0n) is 6.48. The van der Waals surface area contributed by atoms with Crippen molar-refractivity contribution in [2.75, 3.05) is 0 Å². The van der Waals surface area contributed by atoms with Crippen molar-refractivity contribution in [3.8, 4) is 0 Å². The van der Waals surface area contributed by atoms with Crippen LogP contribution in [0.2, 0.25) is 0 Å². The third-order valence-corrected chi connectivity index (χ3v) is 4.16. The van der Waals surface area contributed by atoms with Gasteiger partial charge in [0.15, 0.2) is 5.82 Å². The van der Waals surface area contributed by atoms with Gasteiger partial charge in [-0.3, -0.25) is 0 Å². The molecule has 0 aliphatic carbocycles. The molecule has 0 bridgehead atoms. The van der Waals surface area contributed by atoms with Gasteiger partial charge in [-0.15, -0.1) is 11.3 Å². The highest BCUT2D eigenvalue weighted by molar-refractivity contribution is 14.1. The van der Waals surface area contributed by atoms with Crippen molar-refractivity contribution in [1.82, 2.24) is 0 Å². The molecule has 0 unspecified atom stereocenters. The fourth-order valence-corrected chi connectivity index (χ4v) is 3.42. The van der Waals surface area contributed by atoms with E-state index in [4.69, 9.17) is 0 Å². The van der Waals surface area contributed by atoms with Crippen LogP contribution in [0.4, 0.5) is 4.39 Å². The molecule has 0 aliphatic rings. The molecule has 68 valence electrons. The Kier molecular flexibility index (Phi) is 2.90. The molecular formula is C9H5BrFIS. The highest BCUT2D eigenvalue weighted by Gasteiger charge is 2.10. The maximum absolute atomic E-state index is 13.5. The van der Waals surface area contributed by atoms with Gasteiger partial charge in [0.05, 0.1) is 8.27 Å². The van der Waals surface area contributed by atoms with Crippen LogP contribution < -0.4 is 0 Å². The number of thiophene rings is 1. The van der Waals surface area contributed by atoms with E-state index in [1.54, 1.807) is 0 Å².